The molecule has 0 radical (unpaired) electrons. The molecule has 0 bridgehead atoms. The van der Waals surface area contributed by atoms with E-state index in [9.17, 15) is 24.1 Å². The van der Waals surface area contributed by atoms with Crippen molar-refractivity contribution in [3.05, 3.63) is 69.0 Å². The van der Waals surface area contributed by atoms with Gasteiger partial charge in [-0.1, -0.05) is 23.7 Å². The number of carbonyl (C=O) groups is 2. The first-order chi connectivity index (χ1) is 12.3. The minimum Gasteiger partial charge on any atom is -0.419 e. The largest absolute Gasteiger partial charge is 0.419 e. The van der Waals surface area contributed by atoms with Gasteiger partial charge in [0, 0.05) is 24.1 Å². The highest BCUT2D eigenvalue weighted by molar-refractivity contribution is 6.30. The molecule has 2 rings (SSSR count). The maximum absolute atomic E-state index is 13.3. The van der Waals surface area contributed by atoms with Crippen LogP contribution in [-0.4, -0.2) is 16.8 Å². The van der Waals surface area contributed by atoms with Crippen molar-refractivity contribution >= 4 is 29.2 Å². The summed E-state index contributed by atoms with van der Waals surface area (Å²) in [5.74, 6) is -2.53. The van der Waals surface area contributed by atoms with E-state index in [1.807, 2.05) is 0 Å². The van der Waals surface area contributed by atoms with Crippen LogP contribution in [0.5, 0.6) is 5.75 Å². The Balaban J connectivity index is 2.20. The SMILES string of the molecule is CC(=O)NC(CC(=O)Oc1cc(F)ccc1[N+](=O)[O-])c1ccc(Cl)cc1. The van der Waals surface area contributed by atoms with Crippen LogP contribution in [0.2, 0.25) is 5.02 Å². The van der Waals surface area contributed by atoms with E-state index in [2.05, 4.69) is 5.32 Å². The molecule has 0 aliphatic rings. The molecule has 0 spiro atoms. The summed E-state index contributed by atoms with van der Waals surface area (Å²) in [4.78, 5) is 33.8. The Bertz CT molecular complexity index is 842. The van der Waals surface area contributed by atoms with E-state index in [0.29, 0.717) is 10.6 Å². The normalized spacial score (nSPS) is 11.5. The zero-order valence-corrected chi connectivity index (χ0v) is 14.3. The Kier molecular flexibility index (Phi) is 6.24. The molecule has 7 nitrogen and oxygen atoms in total. The third kappa shape index (κ3) is 5.25. The summed E-state index contributed by atoms with van der Waals surface area (Å²) >= 11 is 5.82. The second-order valence-corrected chi connectivity index (χ2v) is 5.79. The molecule has 1 unspecified atom stereocenters. The van der Waals surface area contributed by atoms with Crippen molar-refractivity contribution in [1.82, 2.24) is 5.32 Å². The van der Waals surface area contributed by atoms with Crippen LogP contribution in [0.3, 0.4) is 0 Å². The van der Waals surface area contributed by atoms with Gasteiger partial charge in [-0.05, 0) is 23.8 Å². The summed E-state index contributed by atoms with van der Waals surface area (Å²) in [5.41, 5.74) is 0.0533. The number of amides is 1. The number of halogens is 2. The molecule has 0 aliphatic carbocycles. The predicted molar refractivity (Wildman–Crippen MR) is 91.3 cm³/mol. The number of hydrogen-bond acceptors (Lipinski definition) is 5. The number of rotatable bonds is 6. The van der Waals surface area contributed by atoms with Crippen molar-refractivity contribution in [2.75, 3.05) is 0 Å². The van der Waals surface area contributed by atoms with Crippen molar-refractivity contribution in [1.29, 1.82) is 0 Å². The number of nitro groups is 1. The van der Waals surface area contributed by atoms with Crippen LogP contribution in [0, 0.1) is 15.9 Å². The molecule has 0 aromatic heterocycles. The van der Waals surface area contributed by atoms with Gasteiger partial charge in [-0.3, -0.25) is 19.7 Å². The monoisotopic (exact) mass is 380 g/mol. The maximum Gasteiger partial charge on any atom is 0.313 e. The molecular weight excluding hydrogens is 367 g/mol. The Hall–Kier alpha value is -3.00. The molecule has 0 saturated heterocycles. The molecule has 1 atom stereocenters. The Morgan fingerprint density at radius 1 is 1.27 bits per heavy atom. The number of nitrogens with zero attached hydrogens (tertiary/aromatic N) is 1. The van der Waals surface area contributed by atoms with Crippen molar-refractivity contribution in [2.24, 2.45) is 0 Å². The second kappa shape index (κ2) is 8.39. The highest BCUT2D eigenvalue weighted by Gasteiger charge is 2.23. The fourth-order valence-electron chi connectivity index (χ4n) is 2.24. The smallest absolute Gasteiger partial charge is 0.313 e. The molecule has 2 aromatic rings. The molecule has 2 aromatic carbocycles. The number of carbonyl (C=O) groups excluding carboxylic acids is 2. The third-order valence-corrected chi connectivity index (χ3v) is 3.61. The molecule has 0 saturated carbocycles. The molecule has 26 heavy (non-hydrogen) atoms. The molecular formula is C17H14ClFN2O5. The zero-order chi connectivity index (χ0) is 19.3. The fourth-order valence-corrected chi connectivity index (χ4v) is 2.37. The van der Waals surface area contributed by atoms with Gasteiger partial charge in [0.25, 0.3) is 0 Å². The summed E-state index contributed by atoms with van der Waals surface area (Å²) in [6, 6.07) is 8.26. The number of ether oxygens (including phenoxy) is 1. The quantitative estimate of drug-likeness (QED) is 0.357. The zero-order valence-electron chi connectivity index (χ0n) is 13.6. The van der Waals surface area contributed by atoms with Crippen LogP contribution in [-0.2, 0) is 9.59 Å². The van der Waals surface area contributed by atoms with E-state index in [0.717, 1.165) is 18.2 Å². The number of nitro benzene ring substituents is 1. The van der Waals surface area contributed by atoms with Crippen molar-refractivity contribution in [3.8, 4) is 5.75 Å². The average molecular weight is 381 g/mol. The number of hydrogen-bond donors (Lipinski definition) is 1. The molecule has 1 N–H and O–H groups in total. The first-order valence-corrected chi connectivity index (χ1v) is 7.81. The van der Waals surface area contributed by atoms with Gasteiger partial charge in [0.15, 0.2) is 0 Å². The topological polar surface area (TPSA) is 98.5 Å². The predicted octanol–water partition coefficient (Wildman–Crippen LogP) is 3.56. The van der Waals surface area contributed by atoms with Crippen LogP contribution in [0.1, 0.15) is 24.9 Å². The number of nitrogens with one attached hydrogen (secondary N) is 1. The van der Waals surface area contributed by atoms with Crippen LogP contribution in [0.25, 0.3) is 0 Å². The average Bonchev–Trinajstić information content (AvgIpc) is 2.54. The van der Waals surface area contributed by atoms with Crippen LogP contribution < -0.4 is 10.1 Å². The molecule has 0 heterocycles. The standard InChI is InChI=1S/C17H14ClFN2O5/c1-10(22)20-14(11-2-4-12(18)5-3-11)9-17(23)26-16-8-13(19)6-7-15(16)21(24)25/h2-8,14H,9H2,1H3,(H,20,22). The Labute approximate surface area is 152 Å². The number of benzene rings is 2. The van der Waals surface area contributed by atoms with E-state index < -0.39 is 34.2 Å². The van der Waals surface area contributed by atoms with E-state index in [-0.39, 0.29) is 12.3 Å². The minimum absolute atomic E-state index is 0.311. The van der Waals surface area contributed by atoms with Crippen LogP contribution >= 0.6 is 11.6 Å². The van der Waals surface area contributed by atoms with Crippen molar-refractivity contribution < 1.29 is 23.6 Å². The van der Waals surface area contributed by atoms with Gasteiger partial charge in [0.05, 0.1) is 17.4 Å². The lowest BCUT2D eigenvalue weighted by Crippen LogP contribution is -2.29. The first-order valence-electron chi connectivity index (χ1n) is 7.43. The molecule has 136 valence electrons. The molecule has 1 amide bonds. The van der Waals surface area contributed by atoms with Gasteiger partial charge in [-0.25, -0.2) is 4.39 Å². The molecule has 0 aliphatic heterocycles. The minimum atomic E-state index is -0.868. The fraction of sp³-hybridized carbons (Fsp3) is 0.176. The van der Waals surface area contributed by atoms with Gasteiger partial charge in [0.2, 0.25) is 11.7 Å². The van der Waals surface area contributed by atoms with Crippen molar-refractivity contribution in [2.45, 2.75) is 19.4 Å². The molecule has 0 fully saturated rings. The van der Waals surface area contributed by atoms with Gasteiger partial charge >= 0.3 is 11.7 Å². The Morgan fingerprint density at radius 3 is 2.50 bits per heavy atom. The van der Waals surface area contributed by atoms with Crippen molar-refractivity contribution in [3.63, 3.8) is 0 Å². The lowest BCUT2D eigenvalue weighted by Gasteiger charge is -2.17. The summed E-state index contributed by atoms with van der Waals surface area (Å²) < 4.78 is 18.3. The third-order valence-electron chi connectivity index (χ3n) is 3.36. The van der Waals surface area contributed by atoms with E-state index in [1.54, 1.807) is 24.3 Å². The summed E-state index contributed by atoms with van der Waals surface area (Å²) in [5, 5.41) is 14.0. The molecule has 9 heteroatoms. The van der Waals surface area contributed by atoms with Gasteiger partial charge in [-0.15, -0.1) is 0 Å². The summed E-state index contributed by atoms with van der Waals surface area (Å²) in [7, 11) is 0. The van der Waals surface area contributed by atoms with E-state index in [1.165, 1.54) is 6.92 Å². The lowest BCUT2D eigenvalue weighted by atomic mass is 10.0. The van der Waals surface area contributed by atoms with Crippen LogP contribution in [0.4, 0.5) is 10.1 Å². The highest BCUT2D eigenvalue weighted by Crippen LogP contribution is 2.29. The maximum atomic E-state index is 13.3. The van der Waals surface area contributed by atoms with Crippen LogP contribution in [0.15, 0.2) is 42.5 Å². The van der Waals surface area contributed by atoms with Gasteiger partial charge < -0.3 is 10.1 Å². The highest BCUT2D eigenvalue weighted by atomic mass is 35.5. The van der Waals surface area contributed by atoms with Gasteiger partial charge in [-0.2, -0.15) is 0 Å². The van der Waals surface area contributed by atoms with E-state index in [4.69, 9.17) is 16.3 Å². The Morgan fingerprint density at radius 2 is 1.92 bits per heavy atom. The van der Waals surface area contributed by atoms with Gasteiger partial charge in [0.1, 0.15) is 5.82 Å². The summed E-state index contributed by atoms with van der Waals surface area (Å²) in [6.45, 7) is 1.28. The summed E-state index contributed by atoms with van der Waals surface area (Å²) in [6.07, 6.45) is -0.311. The number of esters is 1. The van der Waals surface area contributed by atoms with E-state index >= 15 is 0 Å². The first kappa shape index (κ1) is 19.3. The lowest BCUT2D eigenvalue weighted by molar-refractivity contribution is -0.385. The second-order valence-electron chi connectivity index (χ2n) is 5.35.